The number of carbonyl (C=O) groups is 1. The Bertz CT molecular complexity index is 284. The van der Waals surface area contributed by atoms with Crippen LogP contribution in [0.3, 0.4) is 0 Å². The smallest absolute Gasteiger partial charge is 0.341 e. The second kappa shape index (κ2) is 4.32. The number of benzene rings is 1. The molecular formula is C8H10N2O3. The zero-order chi connectivity index (χ0) is 9.68. The van der Waals surface area contributed by atoms with Crippen LogP contribution in [0.4, 0.5) is 5.69 Å². The molecule has 0 aliphatic carbocycles. The van der Waals surface area contributed by atoms with E-state index in [1.54, 1.807) is 24.3 Å². The Balaban J connectivity index is 2.54. The van der Waals surface area contributed by atoms with Gasteiger partial charge in [0.1, 0.15) is 5.75 Å². The first-order chi connectivity index (χ1) is 6.22. The molecule has 0 saturated carbocycles. The van der Waals surface area contributed by atoms with Gasteiger partial charge in [-0.2, -0.15) is 0 Å². The highest BCUT2D eigenvalue weighted by Crippen LogP contribution is 2.14. The second-order valence-corrected chi connectivity index (χ2v) is 2.35. The third kappa shape index (κ3) is 3.00. The number of nitrogen functional groups attached to an aromatic ring is 1. The summed E-state index contributed by atoms with van der Waals surface area (Å²) >= 11 is 0. The van der Waals surface area contributed by atoms with Crippen LogP contribution in [0.5, 0.6) is 5.75 Å². The highest BCUT2D eigenvalue weighted by Gasteiger charge is 1.98. The highest BCUT2D eigenvalue weighted by molar-refractivity contribution is 5.68. The van der Waals surface area contributed by atoms with E-state index in [4.69, 9.17) is 15.7 Å². The number of hydrazine groups is 1. The number of nitrogens with two attached hydrogens (primary N) is 1. The molecule has 0 aromatic heterocycles. The normalized spacial score (nSPS) is 9.31. The van der Waals surface area contributed by atoms with E-state index in [0.717, 1.165) is 5.69 Å². The third-order valence-corrected chi connectivity index (χ3v) is 1.38. The van der Waals surface area contributed by atoms with Gasteiger partial charge < -0.3 is 15.3 Å². The molecule has 0 aliphatic rings. The van der Waals surface area contributed by atoms with Crippen LogP contribution < -0.4 is 16.0 Å². The summed E-state index contributed by atoms with van der Waals surface area (Å²) < 4.78 is 4.90. The van der Waals surface area contributed by atoms with Gasteiger partial charge in [-0.05, 0) is 24.3 Å². The van der Waals surface area contributed by atoms with Crippen molar-refractivity contribution in [2.24, 2.45) is 5.84 Å². The van der Waals surface area contributed by atoms with Gasteiger partial charge in [0.05, 0.1) is 0 Å². The van der Waals surface area contributed by atoms with Gasteiger partial charge in [0.2, 0.25) is 0 Å². The molecule has 0 fully saturated rings. The van der Waals surface area contributed by atoms with E-state index in [-0.39, 0.29) is 6.61 Å². The Morgan fingerprint density at radius 1 is 1.46 bits per heavy atom. The Morgan fingerprint density at radius 3 is 2.54 bits per heavy atom. The fraction of sp³-hybridized carbons (Fsp3) is 0.125. The quantitative estimate of drug-likeness (QED) is 0.464. The van der Waals surface area contributed by atoms with Gasteiger partial charge in [-0.1, -0.05) is 0 Å². The maximum Gasteiger partial charge on any atom is 0.341 e. The van der Waals surface area contributed by atoms with E-state index in [1.165, 1.54) is 0 Å². The average molecular weight is 182 g/mol. The lowest BCUT2D eigenvalue weighted by Gasteiger charge is -2.03. The van der Waals surface area contributed by atoms with Gasteiger partial charge in [0, 0.05) is 5.69 Å². The Labute approximate surface area is 75.1 Å². The molecule has 1 rings (SSSR count). The maximum absolute atomic E-state index is 10.1. The SMILES string of the molecule is NNc1ccc(OCC(=O)O)cc1. The summed E-state index contributed by atoms with van der Waals surface area (Å²) in [6, 6.07) is 6.66. The molecule has 0 unspecified atom stereocenters. The van der Waals surface area contributed by atoms with E-state index < -0.39 is 5.97 Å². The topological polar surface area (TPSA) is 84.6 Å². The first-order valence-electron chi connectivity index (χ1n) is 3.63. The van der Waals surface area contributed by atoms with Gasteiger partial charge in [-0.3, -0.25) is 5.84 Å². The molecule has 5 nitrogen and oxygen atoms in total. The van der Waals surface area contributed by atoms with Crippen molar-refractivity contribution < 1.29 is 14.6 Å². The number of carboxylic acid groups (broad SMARTS) is 1. The van der Waals surface area contributed by atoms with Crippen LogP contribution >= 0.6 is 0 Å². The number of rotatable bonds is 4. The molecule has 0 heterocycles. The summed E-state index contributed by atoms with van der Waals surface area (Å²) in [6.07, 6.45) is 0. The summed E-state index contributed by atoms with van der Waals surface area (Å²) in [5.74, 6) is 4.64. The zero-order valence-corrected chi connectivity index (χ0v) is 6.86. The van der Waals surface area contributed by atoms with Gasteiger partial charge in [-0.15, -0.1) is 0 Å². The van der Waals surface area contributed by atoms with E-state index in [1.807, 2.05) is 0 Å². The highest BCUT2D eigenvalue weighted by atomic mass is 16.5. The summed E-state index contributed by atoms with van der Waals surface area (Å²) in [5, 5.41) is 8.32. The standard InChI is InChI=1S/C8H10N2O3/c9-10-6-1-3-7(4-2-6)13-5-8(11)12/h1-4,10H,5,9H2,(H,11,12). The molecular weight excluding hydrogens is 172 g/mol. The molecule has 4 N–H and O–H groups in total. The number of hydrogen-bond donors (Lipinski definition) is 3. The lowest BCUT2D eigenvalue weighted by molar-refractivity contribution is -0.139. The predicted molar refractivity (Wildman–Crippen MR) is 47.4 cm³/mol. The van der Waals surface area contributed by atoms with Crippen molar-refractivity contribution >= 4 is 11.7 Å². The van der Waals surface area contributed by atoms with Crippen molar-refractivity contribution in [2.45, 2.75) is 0 Å². The fourth-order valence-corrected chi connectivity index (χ4v) is 0.792. The van der Waals surface area contributed by atoms with Crippen LogP contribution in [-0.2, 0) is 4.79 Å². The number of hydrogen-bond acceptors (Lipinski definition) is 4. The van der Waals surface area contributed by atoms with Gasteiger partial charge >= 0.3 is 5.97 Å². The van der Waals surface area contributed by atoms with Crippen LogP contribution in [0, 0.1) is 0 Å². The molecule has 1 aromatic carbocycles. The maximum atomic E-state index is 10.1. The minimum Gasteiger partial charge on any atom is -0.482 e. The molecule has 0 aliphatic heterocycles. The average Bonchev–Trinajstić information content (AvgIpc) is 2.15. The van der Waals surface area contributed by atoms with Crippen molar-refractivity contribution in [3.63, 3.8) is 0 Å². The van der Waals surface area contributed by atoms with E-state index >= 15 is 0 Å². The van der Waals surface area contributed by atoms with E-state index in [9.17, 15) is 4.79 Å². The van der Waals surface area contributed by atoms with Gasteiger partial charge in [0.25, 0.3) is 0 Å². The number of aliphatic carboxylic acids is 1. The van der Waals surface area contributed by atoms with Crippen molar-refractivity contribution in [3.8, 4) is 5.75 Å². The summed E-state index contributed by atoms with van der Waals surface area (Å²) in [5.41, 5.74) is 3.19. The van der Waals surface area contributed by atoms with Gasteiger partial charge in [-0.25, -0.2) is 4.79 Å². The Hall–Kier alpha value is -1.75. The van der Waals surface area contributed by atoms with E-state index in [0.29, 0.717) is 5.75 Å². The molecule has 13 heavy (non-hydrogen) atoms. The largest absolute Gasteiger partial charge is 0.482 e. The van der Waals surface area contributed by atoms with Crippen LogP contribution in [-0.4, -0.2) is 17.7 Å². The van der Waals surface area contributed by atoms with Crippen LogP contribution in [0.1, 0.15) is 0 Å². The van der Waals surface area contributed by atoms with Crippen LogP contribution in [0.25, 0.3) is 0 Å². The molecule has 0 radical (unpaired) electrons. The number of nitrogens with one attached hydrogen (secondary N) is 1. The van der Waals surface area contributed by atoms with Crippen molar-refractivity contribution in [3.05, 3.63) is 24.3 Å². The molecule has 0 atom stereocenters. The van der Waals surface area contributed by atoms with Crippen molar-refractivity contribution in [1.29, 1.82) is 0 Å². The van der Waals surface area contributed by atoms with Crippen LogP contribution in [0.15, 0.2) is 24.3 Å². The predicted octanol–water partition coefficient (Wildman–Crippen LogP) is 0.436. The number of ether oxygens (including phenoxy) is 1. The summed E-state index contributed by atoms with van der Waals surface area (Å²) in [6.45, 7) is -0.338. The first kappa shape index (κ1) is 9.34. The molecule has 70 valence electrons. The zero-order valence-electron chi connectivity index (χ0n) is 6.86. The molecule has 5 heteroatoms. The minimum atomic E-state index is -0.999. The van der Waals surface area contributed by atoms with Crippen molar-refractivity contribution in [1.82, 2.24) is 0 Å². The lowest BCUT2D eigenvalue weighted by atomic mass is 10.3. The number of carboxylic acids is 1. The molecule has 0 amide bonds. The Morgan fingerprint density at radius 2 is 2.08 bits per heavy atom. The lowest BCUT2D eigenvalue weighted by Crippen LogP contribution is -2.09. The molecule has 1 aromatic rings. The minimum absolute atomic E-state index is 0.338. The summed E-state index contributed by atoms with van der Waals surface area (Å²) in [7, 11) is 0. The van der Waals surface area contributed by atoms with Crippen molar-refractivity contribution in [2.75, 3.05) is 12.0 Å². The third-order valence-electron chi connectivity index (χ3n) is 1.38. The fourth-order valence-electron chi connectivity index (χ4n) is 0.792. The first-order valence-corrected chi connectivity index (χ1v) is 3.63. The second-order valence-electron chi connectivity index (χ2n) is 2.35. The van der Waals surface area contributed by atoms with Crippen LogP contribution in [0.2, 0.25) is 0 Å². The molecule has 0 spiro atoms. The monoisotopic (exact) mass is 182 g/mol. The molecule has 0 bridgehead atoms. The summed E-state index contributed by atoms with van der Waals surface area (Å²) in [4.78, 5) is 10.1. The number of anilines is 1. The Kier molecular flexibility index (Phi) is 3.10. The molecule has 0 saturated heterocycles. The van der Waals surface area contributed by atoms with Gasteiger partial charge in [0.15, 0.2) is 6.61 Å². The van der Waals surface area contributed by atoms with E-state index in [2.05, 4.69) is 5.43 Å².